The van der Waals surface area contributed by atoms with Crippen molar-refractivity contribution < 1.29 is 9.53 Å². The fourth-order valence-electron chi connectivity index (χ4n) is 2.06. The Morgan fingerprint density at radius 1 is 1.21 bits per heavy atom. The third-order valence-electron chi connectivity index (χ3n) is 3.21. The van der Waals surface area contributed by atoms with Crippen molar-refractivity contribution in [1.29, 1.82) is 5.26 Å². The van der Waals surface area contributed by atoms with Crippen LogP contribution < -0.4 is 5.32 Å². The van der Waals surface area contributed by atoms with E-state index in [0.717, 1.165) is 11.1 Å². The zero-order valence-electron chi connectivity index (χ0n) is 12.6. The highest BCUT2D eigenvalue weighted by Gasteiger charge is 2.09. The predicted octanol–water partition coefficient (Wildman–Crippen LogP) is 4.43. The van der Waals surface area contributed by atoms with Crippen molar-refractivity contribution in [3.05, 3.63) is 71.1 Å². The standard InChI is InChI=1S/C18H13N3O2S/c19-10-14-7-4-8-15(9-14)16-12-24-17(20-16)21-18(22)23-11-13-5-2-1-3-6-13/h1-9,12H,11H2,(H,20,21,22). The van der Waals surface area contributed by atoms with Gasteiger partial charge in [-0.1, -0.05) is 42.5 Å². The summed E-state index contributed by atoms with van der Waals surface area (Å²) in [5, 5.41) is 13.8. The summed E-state index contributed by atoms with van der Waals surface area (Å²) in [5.74, 6) is 0. The highest BCUT2D eigenvalue weighted by atomic mass is 32.1. The normalized spacial score (nSPS) is 9.96. The van der Waals surface area contributed by atoms with Crippen molar-refractivity contribution in [2.24, 2.45) is 0 Å². The molecular weight excluding hydrogens is 322 g/mol. The Kier molecular flexibility index (Phi) is 4.84. The van der Waals surface area contributed by atoms with E-state index in [1.807, 2.05) is 41.8 Å². The van der Waals surface area contributed by atoms with Gasteiger partial charge in [-0.15, -0.1) is 11.3 Å². The summed E-state index contributed by atoms with van der Waals surface area (Å²) in [6.07, 6.45) is -0.550. The number of rotatable bonds is 4. The van der Waals surface area contributed by atoms with E-state index in [2.05, 4.69) is 16.4 Å². The summed E-state index contributed by atoms with van der Waals surface area (Å²) in [5.41, 5.74) is 3.02. The molecule has 2 aromatic carbocycles. The van der Waals surface area contributed by atoms with E-state index in [1.165, 1.54) is 11.3 Å². The molecule has 0 saturated carbocycles. The van der Waals surface area contributed by atoms with Crippen LogP contribution in [0.2, 0.25) is 0 Å². The number of hydrogen-bond acceptors (Lipinski definition) is 5. The Bertz CT molecular complexity index is 885. The Morgan fingerprint density at radius 3 is 2.83 bits per heavy atom. The smallest absolute Gasteiger partial charge is 0.413 e. The fraction of sp³-hybridized carbons (Fsp3) is 0.0556. The van der Waals surface area contributed by atoms with Crippen LogP contribution in [-0.2, 0) is 11.3 Å². The molecule has 0 atom stereocenters. The van der Waals surface area contributed by atoms with Gasteiger partial charge in [0.1, 0.15) is 6.61 Å². The van der Waals surface area contributed by atoms with Gasteiger partial charge in [-0.25, -0.2) is 9.78 Å². The van der Waals surface area contributed by atoms with Crippen molar-refractivity contribution >= 4 is 22.6 Å². The summed E-state index contributed by atoms with van der Waals surface area (Å²) < 4.78 is 5.16. The number of nitrogens with one attached hydrogen (secondary N) is 1. The summed E-state index contributed by atoms with van der Waals surface area (Å²) in [4.78, 5) is 16.2. The molecule has 0 radical (unpaired) electrons. The molecule has 1 heterocycles. The summed E-state index contributed by atoms with van der Waals surface area (Å²) >= 11 is 1.30. The first-order valence-corrected chi connectivity index (χ1v) is 8.06. The summed E-state index contributed by atoms with van der Waals surface area (Å²) in [6.45, 7) is 0.203. The molecule has 118 valence electrons. The largest absolute Gasteiger partial charge is 0.444 e. The molecule has 1 aromatic heterocycles. The zero-order chi connectivity index (χ0) is 16.8. The van der Waals surface area contributed by atoms with E-state index >= 15 is 0 Å². The molecular formula is C18H13N3O2S. The van der Waals surface area contributed by atoms with Crippen molar-refractivity contribution in [3.63, 3.8) is 0 Å². The lowest BCUT2D eigenvalue weighted by atomic mass is 10.1. The minimum Gasteiger partial charge on any atom is -0.444 e. The molecule has 0 aliphatic heterocycles. The third kappa shape index (κ3) is 3.97. The summed E-state index contributed by atoms with van der Waals surface area (Å²) in [7, 11) is 0. The monoisotopic (exact) mass is 335 g/mol. The molecule has 24 heavy (non-hydrogen) atoms. The lowest BCUT2D eigenvalue weighted by Crippen LogP contribution is -2.13. The minimum absolute atomic E-state index is 0.203. The SMILES string of the molecule is N#Cc1cccc(-c2csc(NC(=O)OCc3ccccc3)n2)c1. The average Bonchev–Trinajstić information content (AvgIpc) is 3.09. The molecule has 0 aliphatic carbocycles. The van der Waals surface area contributed by atoms with Crippen LogP contribution in [0.25, 0.3) is 11.3 Å². The van der Waals surface area contributed by atoms with Crippen molar-refractivity contribution in [1.82, 2.24) is 4.98 Å². The molecule has 0 fully saturated rings. The molecule has 6 heteroatoms. The Morgan fingerprint density at radius 2 is 2.04 bits per heavy atom. The number of nitrogens with zero attached hydrogens (tertiary/aromatic N) is 2. The highest BCUT2D eigenvalue weighted by Crippen LogP contribution is 2.25. The third-order valence-corrected chi connectivity index (χ3v) is 3.97. The quantitative estimate of drug-likeness (QED) is 0.765. The van der Waals surface area contributed by atoms with Crippen molar-refractivity contribution in [2.45, 2.75) is 6.61 Å². The molecule has 0 bridgehead atoms. The van der Waals surface area contributed by atoms with Crippen LogP contribution in [0.3, 0.4) is 0 Å². The zero-order valence-corrected chi connectivity index (χ0v) is 13.4. The van der Waals surface area contributed by atoms with E-state index < -0.39 is 6.09 Å². The van der Waals surface area contributed by atoms with Crippen molar-refractivity contribution in [3.8, 4) is 17.3 Å². The van der Waals surface area contributed by atoms with E-state index in [1.54, 1.807) is 18.2 Å². The van der Waals surface area contributed by atoms with E-state index in [-0.39, 0.29) is 6.61 Å². The number of carbonyl (C=O) groups excluding carboxylic acids is 1. The van der Waals surface area contributed by atoms with Crippen LogP contribution in [0, 0.1) is 11.3 Å². The highest BCUT2D eigenvalue weighted by molar-refractivity contribution is 7.14. The Balaban J connectivity index is 1.61. The maximum atomic E-state index is 11.8. The van der Waals surface area contributed by atoms with Gasteiger partial charge in [0.25, 0.3) is 0 Å². The second-order valence-electron chi connectivity index (χ2n) is 4.92. The van der Waals surface area contributed by atoms with E-state index in [0.29, 0.717) is 16.4 Å². The number of anilines is 1. The van der Waals surface area contributed by atoms with Crippen LogP contribution >= 0.6 is 11.3 Å². The number of benzene rings is 2. The molecule has 3 aromatic rings. The van der Waals surface area contributed by atoms with Gasteiger partial charge in [-0.3, -0.25) is 5.32 Å². The second kappa shape index (κ2) is 7.40. The van der Waals surface area contributed by atoms with E-state index in [9.17, 15) is 4.79 Å². The first-order chi connectivity index (χ1) is 11.7. The fourth-order valence-corrected chi connectivity index (χ4v) is 2.76. The maximum Gasteiger partial charge on any atom is 0.413 e. The Labute approximate surface area is 143 Å². The van der Waals surface area contributed by atoms with Gasteiger partial charge >= 0.3 is 6.09 Å². The number of aromatic nitrogens is 1. The number of ether oxygens (including phenoxy) is 1. The number of amides is 1. The molecule has 0 aliphatic rings. The van der Waals surface area contributed by atoms with Crippen LogP contribution in [0.5, 0.6) is 0 Å². The number of thiazole rings is 1. The average molecular weight is 335 g/mol. The van der Waals surface area contributed by atoms with Gasteiger partial charge in [-0.2, -0.15) is 5.26 Å². The molecule has 0 unspecified atom stereocenters. The van der Waals surface area contributed by atoms with Crippen molar-refractivity contribution in [2.75, 3.05) is 5.32 Å². The summed E-state index contributed by atoms with van der Waals surface area (Å²) in [6, 6.07) is 18.7. The van der Waals surface area contributed by atoms with E-state index in [4.69, 9.17) is 10.00 Å². The predicted molar refractivity (Wildman–Crippen MR) is 92.5 cm³/mol. The first-order valence-electron chi connectivity index (χ1n) is 7.18. The van der Waals surface area contributed by atoms with Crippen LogP contribution in [0.15, 0.2) is 60.0 Å². The molecule has 1 amide bonds. The molecule has 0 saturated heterocycles. The molecule has 1 N–H and O–H groups in total. The number of hydrogen-bond donors (Lipinski definition) is 1. The van der Waals surface area contributed by atoms with Gasteiger partial charge in [0.15, 0.2) is 5.13 Å². The lowest BCUT2D eigenvalue weighted by Gasteiger charge is -2.04. The Hall–Kier alpha value is -3.17. The first kappa shape index (κ1) is 15.7. The topological polar surface area (TPSA) is 75.0 Å². The van der Waals surface area contributed by atoms with Crippen LogP contribution in [0.1, 0.15) is 11.1 Å². The molecule has 5 nitrogen and oxygen atoms in total. The number of nitriles is 1. The number of carbonyl (C=O) groups is 1. The second-order valence-corrected chi connectivity index (χ2v) is 5.78. The molecule has 3 rings (SSSR count). The minimum atomic E-state index is -0.550. The van der Waals surface area contributed by atoms with Gasteiger partial charge in [0.05, 0.1) is 17.3 Å². The van der Waals surface area contributed by atoms with Gasteiger partial charge in [0, 0.05) is 10.9 Å². The van der Waals surface area contributed by atoms with Gasteiger partial charge in [-0.05, 0) is 17.7 Å². The van der Waals surface area contributed by atoms with Crippen LogP contribution in [0.4, 0.5) is 9.93 Å². The maximum absolute atomic E-state index is 11.8. The molecule has 0 spiro atoms. The van der Waals surface area contributed by atoms with Crippen LogP contribution in [-0.4, -0.2) is 11.1 Å². The van der Waals surface area contributed by atoms with Gasteiger partial charge in [0.2, 0.25) is 0 Å². The van der Waals surface area contributed by atoms with Gasteiger partial charge < -0.3 is 4.74 Å². The lowest BCUT2D eigenvalue weighted by molar-refractivity contribution is 0.155.